The van der Waals surface area contributed by atoms with Gasteiger partial charge in [-0.3, -0.25) is 0 Å². The molecule has 0 spiro atoms. The Morgan fingerprint density at radius 3 is 2.52 bits per heavy atom. The van der Waals surface area contributed by atoms with Crippen LogP contribution in [0.2, 0.25) is 0 Å². The summed E-state index contributed by atoms with van der Waals surface area (Å²) in [5.41, 5.74) is 0.910. The third-order valence-electron chi connectivity index (χ3n) is 4.44. The molecule has 3 rings (SSSR count). The lowest BCUT2D eigenvalue weighted by Gasteiger charge is -2.35. The van der Waals surface area contributed by atoms with Crippen molar-refractivity contribution in [1.29, 1.82) is 0 Å². The molecule has 1 aliphatic heterocycles. The lowest BCUT2D eigenvalue weighted by molar-refractivity contribution is -0.133. The van der Waals surface area contributed by atoms with Crippen molar-refractivity contribution < 1.29 is 22.7 Å². The van der Waals surface area contributed by atoms with Gasteiger partial charge in [0.25, 0.3) is 10.0 Å². The van der Waals surface area contributed by atoms with E-state index in [1.165, 1.54) is 12.1 Å². The minimum absolute atomic E-state index is 0.0325. The number of halogens is 1. The Hall–Kier alpha value is -1.91. The van der Waals surface area contributed by atoms with E-state index in [9.17, 15) is 13.2 Å². The Kier molecular flexibility index (Phi) is 6.97. The second kappa shape index (κ2) is 9.27. The van der Waals surface area contributed by atoms with Crippen LogP contribution in [0.25, 0.3) is 0 Å². The number of nitrogens with zero attached hydrogens (tertiary/aromatic N) is 1. The number of allylic oxidation sites excluding steroid dienone is 1. The third-order valence-corrected chi connectivity index (χ3v) is 7.14. The molecule has 0 saturated carbocycles. The standard InChI is InChI=1S/C21H22INO5S/c1-3-27-20-10-6-8-18(21(24)28-19-9-5-4-7-17(19)22)23(20)29(25,26)16-13-11-15(2)12-14-16/h4-5,7-9,11-14,20H,3,6,10H2,1-2H3. The summed E-state index contributed by atoms with van der Waals surface area (Å²) in [5.74, 6) is -0.348. The summed E-state index contributed by atoms with van der Waals surface area (Å²) in [6.07, 6.45) is 1.80. The summed E-state index contributed by atoms with van der Waals surface area (Å²) < 4.78 is 39.8. The average molecular weight is 527 g/mol. The zero-order valence-electron chi connectivity index (χ0n) is 16.2. The van der Waals surface area contributed by atoms with E-state index >= 15 is 0 Å². The van der Waals surface area contributed by atoms with Gasteiger partial charge in [-0.05, 0) is 73.5 Å². The number of aryl methyl sites for hydroxylation is 1. The van der Waals surface area contributed by atoms with Gasteiger partial charge in [0.2, 0.25) is 0 Å². The van der Waals surface area contributed by atoms with Crippen molar-refractivity contribution in [2.45, 2.75) is 37.8 Å². The molecule has 0 fully saturated rings. The Bertz CT molecular complexity index is 1020. The number of sulfonamides is 1. The number of carbonyl (C=O) groups excluding carboxylic acids is 1. The summed E-state index contributed by atoms with van der Waals surface area (Å²) in [4.78, 5) is 13.1. The van der Waals surface area contributed by atoms with Crippen molar-refractivity contribution in [2.75, 3.05) is 6.61 Å². The van der Waals surface area contributed by atoms with Crippen molar-refractivity contribution in [3.8, 4) is 5.75 Å². The summed E-state index contributed by atoms with van der Waals surface area (Å²) in [5, 5.41) is 0. The summed E-state index contributed by atoms with van der Waals surface area (Å²) in [7, 11) is -4.01. The van der Waals surface area contributed by atoms with Gasteiger partial charge in [-0.2, -0.15) is 0 Å². The average Bonchev–Trinajstić information content (AvgIpc) is 2.70. The highest BCUT2D eigenvalue weighted by Gasteiger charge is 2.39. The summed E-state index contributed by atoms with van der Waals surface area (Å²) in [6, 6.07) is 13.6. The number of para-hydroxylation sites is 1. The molecule has 0 aliphatic carbocycles. The van der Waals surface area contributed by atoms with Crippen LogP contribution in [-0.4, -0.2) is 31.5 Å². The number of carbonyl (C=O) groups is 1. The van der Waals surface area contributed by atoms with Crippen LogP contribution in [-0.2, 0) is 19.6 Å². The molecule has 2 aromatic rings. The number of benzene rings is 2. The first-order chi connectivity index (χ1) is 13.8. The highest BCUT2D eigenvalue weighted by Crippen LogP contribution is 2.31. The molecule has 0 amide bonds. The van der Waals surface area contributed by atoms with E-state index in [4.69, 9.17) is 9.47 Å². The Morgan fingerprint density at radius 2 is 1.86 bits per heavy atom. The number of ether oxygens (including phenoxy) is 2. The first kappa shape index (κ1) is 21.8. The van der Waals surface area contributed by atoms with E-state index in [2.05, 4.69) is 22.6 Å². The van der Waals surface area contributed by atoms with Crippen molar-refractivity contribution >= 4 is 38.6 Å². The van der Waals surface area contributed by atoms with E-state index in [1.54, 1.807) is 37.3 Å². The van der Waals surface area contributed by atoms with Gasteiger partial charge in [-0.15, -0.1) is 0 Å². The maximum Gasteiger partial charge on any atom is 0.360 e. The normalized spacial score (nSPS) is 17.0. The molecule has 6 nitrogen and oxygen atoms in total. The van der Waals surface area contributed by atoms with Crippen molar-refractivity contribution in [2.24, 2.45) is 0 Å². The Labute approximate surface area is 184 Å². The highest BCUT2D eigenvalue weighted by atomic mass is 127. The van der Waals surface area contributed by atoms with Crippen LogP contribution < -0.4 is 4.74 Å². The Morgan fingerprint density at radius 1 is 1.17 bits per heavy atom. The topological polar surface area (TPSA) is 72.9 Å². The summed E-state index contributed by atoms with van der Waals surface area (Å²) in [6.45, 7) is 3.99. The predicted octanol–water partition coefficient (Wildman–Crippen LogP) is 4.24. The molecular formula is C21H22INO5S. The maximum atomic E-state index is 13.4. The number of hydrogen-bond acceptors (Lipinski definition) is 5. The molecular weight excluding hydrogens is 505 g/mol. The predicted molar refractivity (Wildman–Crippen MR) is 118 cm³/mol. The van der Waals surface area contributed by atoms with E-state index in [-0.39, 0.29) is 10.6 Å². The summed E-state index contributed by atoms with van der Waals surface area (Å²) >= 11 is 2.06. The van der Waals surface area contributed by atoms with Gasteiger partial charge in [0.15, 0.2) is 0 Å². The molecule has 0 radical (unpaired) electrons. The molecule has 0 bridgehead atoms. The first-order valence-corrected chi connectivity index (χ1v) is 11.8. The highest BCUT2D eigenvalue weighted by molar-refractivity contribution is 14.1. The Balaban J connectivity index is 1.99. The van der Waals surface area contributed by atoms with E-state index < -0.39 is 22.2 Å². The second-order valence-electron chi connectivity index (χ2n) is 6.51. The van der Waals surface area contributed by atoms with Crippen LogP contribution in [0.4, 0.5) is 0 Å². The molecule has 1 heterocycles. The van der Waals surface area contributed by atoms with Gasteiger partial charge in [0.05, 0.1) is 8.47 Å². The zero-order valence-corrected chi connectivity index (χ0v) is 19.1. The SMILES string of the molecule is CCOC1CCC=C(C(=O)Oc2ccccc2I)N1S(=O)(=O)c1ccc(C)cc1. The number of esters is 1. The van der Waals surface area contributed by atoms with Crippen LogP contribution in [0.1, 0.15) is 25.3 Å². The first-order valence-electron chi connectivity index (χ1n) is 9.24. The molecule has 1 atom stereocenters. The van der Waals surface area contributed by atoms with Gasteiger partial charge in [-0.1, -0.05) is 35.9 Å². The molecule has 29 heavy (non-hydrogen) atoms. The van der Waals surface area contributed by atoms with Crippen molar-refractivity contribution in [1.82, 2.24) is 4.31 Å². The van der Waals surface area contributed by atoms with Gasteiger partial charge >= 0.3 is 5.97 Å². The fourth-order valence-corrected chi connectivity index (χ4v) is 5.12. The van der Waals surface area contributed by atoms with E-state index in [0.29, 0.717) is 25.2 Å². The fraction of sp³-hybridized carbons (Fsp3) is 0.286. The van der Waals surface area contributed by atoms with Gasteiger partial charge in [0, 0.05) is 6.61 Å². The van der Waals surface area contributed by atoms with Crippen LogP contribution in [0.15, 0.2) is 65.2 Å². The van der Waals surface area contributed by atoms with Crippen molar-refractivity contribution in [3.63, 3.8) is 0 Å². The number of rotatable bonds is 6. The molecule has 0 saturated heterocycles. The van der Waals surface area contributed by atoms with Crippen LogP contribution in [0.3, 0.4) is 0 Å². The van der Waals surface area contributed by atoms with E-state index in [0.717, 1.165) is 13.4 Å². The van der Waals surface area contributed by atoms with Gasteiger partial charge < -0.3 is 9.47 Å². The molecule has 1 unspecified atom stereocenters. The monoisotopic (exact) mass is 527 g/mol. The minimum atomic E-state index is -4.01. The smallest absolute Gasteiger partial charge is 0.360 e. The quantitative estimate of drug-likeness (QED) is 0.320. The lowest BCUT2D eigenvalue weighted by Crippen LogP contribution is -2.46. The fourth-order valence-electron chi connectivity index (χ4n) is 3.03. The van der Waals surface area contributed by atoms with Gasteiger partial charge in [-0.25, -0.2) is 17.5 Å². The molecule has 0 N–H and O–H groups in total. The number of hydrogen-bond donors (Lipinski definition) is 0. The van der Waals surface area contributed by atoms with Gasteiger partial charge in [0.1, 0.15) is 17.7 Å². The maximum absolute atomic E-state index is 13.4. The molecule has 0 aromatic heterocycles. The molecule has 8 heteroatoms. The van der Waals surface area contributed by atoms with Crippen LogP contribution >= 0.6 is 22.6 Å². The molecule has 154 valence electrons. The van der Waals surface area contributed by atoms with Crippen molar-refractivity contribution in [3.05, 3.63) is 69.4 Å². The second-order valence-corrected chi connectivity index (χ2v) is 9.49. The minimum Gasteiger partial charge on any atom is -0.421 e. The largest absolute Gasteiger partial charge is 0.421 e. The third kappa shape index (κ3) is 4.81. The molecule has 2 aromatic carbocycles. The van der Waals surface area contributed by atoms with Crippen LogP contribution in [0.5, 0.6) is 5.75 Å². The molecule has 1 aliphatic rings. The zero-order chi connectivity index (χ0) is 21.0. The van der Waals surface area contributed by atoms with E-state index in [1.807, 2.05) is 19.1 Å². The van der Waals surface area contributed by atoms with Crippen LogP contribution in [0, 0.1) is 10.5 Å². The lowest BCUT2D eigenvalue weighted by atomic mass is 10.1.